The van der Waals surface area contributed by atoms with Crippen molar-refractivity contribution in [1.29, 1.82) is 0 Å². The molecule has 0 bridgehead atoms. The molecule has 8 N–H and O–H groups in total. The molecule has 0 fully saturated rings. The van der Waals surface area contributed by atoms with Crippen LogP contribution in [0.5, 0.6) is 11.5 Å². The van der Waals surface area contributed by atoms with Crippen LogP contribution >= 0.6 is 24.8 Å². The van der Waals surface area contributed by atoms with Crippen LogP contribution < -0.4 is 46.9 Å². The number of rotatable bonds is 8. The van der Waals surface area contributed by atoms with Gasteiger partial charge in [0.1, 0.15) is 39.9 Å². The van der Waals surface area contributed by atoms with Crippen molar-refractivity contribution >= 4 is 54.7 Å². The topological polar surface area (TPSA) is 263 Å². The van der Waals surface area contributed by atoms with E-state index in [0.717, 1.165) is 101 Å². The summed E-state index contributed by atoms with van der Waals surface area (Å²) in [6.45, 7) is 17.2. The number of fused-ring (bicyclic) bond motifs is 4. The van der Waals surface area contributed by atoms with E-state index in [1.165, 1.54) is 34.6 Å². The van der Waals surface area contributed by atoms with Crippen LogP contribution in [0, 0.1) is 5.21 Å². The minimum atomic E-state index is -0.514. The summed E-state index contributed by atoms with van der Waals surface area (Å²) in [6, 6.07) is 13.5. The third kappa shape index (κ3) is 19.0. The molecular formula is C56H78Cl2N10O9. The monoisotopic (exact) mass is 1100 g/mol. The number of nitrogens with one attached hydrogen (secondary N) is 4. The predicted octanol–water partition coefficient (Wildman–Crippen LogP) is 10.1. The largest absolute Gasteiger partial charge is 0.619 e. The molecule has 77 heavy (non-hydrogen) atoms. The molecule has 4 aliphatic rings. The molecule has 4 aliphatic carbocycles. The second-order valence-corrected chi connectivity index (χ2v) is 21.8. The molecule has 420 valence electrons. The third-order valence-electron chi connectivity index (χ3n) is 12.5. The first-order chi connectivity index (χ1) is 35.4. The summed E-state index contributed by atoms with van der Waals surface area (Å²) >= 11 is 0. The van der Waals surface area contributed by atoms with Crippen molar-refractivity contribution in [2.45, 2.75) is 161 Å². The molecule has 1 aromatic carbocycles. The molecular weight excluding hydrogens is 1030 g/mol. The summed E-state index contributed by atoms with van der Waals surface area (Å²) in [4.78, 5) is 48.0. The number of hydrogen-bond donors (Lipinski definition) is 6. The fourth-order valence-electron chi connectivity index (χ4n) is 9.07. The number of anilines is 2. The number of alkyl carbamates (subject to hydrolysis) is 3. The Kier molecular flexibility index (Phi) is 22.4. The van der Waals surface area contributed by atoms with Gasteiger partial charge in [0.05, 0.1) is 32.3 Å². The van der Waals surface area contributed by atoms with Gasteiger partial charge in [0.2, 0.25) is 0 Å². The average molecular weight is 1110 g/mol. The van der Waals surface area contributed by atoms with Crippen molar-refractivity contribution in [1.82, 2.24) is 30.9 Å². The molecule has 5 aromatic rings. The summed E-state index contributed by atoms with van der Waals surface area (Å²) in [6.07, 6.45) is 16.4. The number of ether oxygens (including phenoxy) is 5. The number of amides is 3. The number of nitrogens with two attached hydrogens (primary N) is 2. The summed E-state index contributed by atoms with van der Waals surface area (Å²) in [7, 11) is 3.27. The number of aryl methyl sites for hydroxylation is 4. The van der Waals surface area contributed by atoms with Gasteiger partial charge in [-0.1, -0.05) is 0 Å². The Bertz CT molecular complexity index is 2780. The fraction of sp³-hybridized carbons (Fsp3) is 0.482. The lowest BCUT2D eigenvalue weighted by atomic mass is 10.1. The molecule has 0 saturated carbocycles. The summed E-state index contributed by atoms with van der Waals surface area (Å²) in [5, 5.41) is 23.2. The van der Waals surface area contributed by atoms with Gasteiger partial charge in [-0.15, -0.1) is 24.8 Å². The number of nitrogen functional groups attached to an aromatic ring is 1. The highest BCUT2D eigenvalue weighted by Crippen LogP contribution is 2.34. The van der Waals surface area contributed by atoms with Crippen LogP contribution in [0.3, 0.4) is 0 Å². The second-order valence-electron chi connectivity index (χ2n) is 21.8. The van der Waals surface area contributed by atoms with E-state index in [1.807, 2.05) is 111 Å². The molecule has 3 amide bonds. The number of carbonyl (C=O) groups excluding carboxylic acids is 3. The first-order valence-electron chi connectivity index (χ1n) is 25.4. The van der Waals surface area contributed by atoms with Crippen molar-refractivity contribution in [2.75, 3.05) is 25.3 Å². The zero-order valence-electron chi connectivity index (χ0n) is 46.1. The Morgan fingerprint density at radius 2 is 1.14 bits per heavy atom. The Labute approximate surface area is 465 Å². The summed E-state index contributed by atoms with van der Waals surface area (Å²) in [5.74, 6) is 2.90. The maximum atomic E-state index is 12.1. The van der Waals surface area contributed by atoms with Gasteiger partial charge in [-0.3, -0.25) is 4.98 Å². The SMILES string of the molecule is CC(C)(C)OC(=O)NC1CCc2cc[n+]([O-])cc21.CC(C)(C)OC(=O)NC1CCc2ccncc21.COc1ccc(CNc2cc3c(cn2)C(NC(=O)OC(C)(C)C)CC3)c(OC)c1.Cl.Cl.Nc1cc2c(cn1)C(N)CC2. The van der Waals surface area contributed by atoms with Crippen LogP contribution in [-0.4, -0.2) is 64.3 Å². The number of pyridine rings is 4. The van der Waals surface area contributed by atoms with E-state index in [0.29, 0.717) is 12.4 Å². The van der Waals surface area contributed by atoms with Gasteiger partial charge >= 0.3 is 18.3 Å². The lowest BCUT2D eigenvalue weighted by Crippen LogP contribution is -2.35. The van der Waals surface area contributed by atoms with Crippen LogP contribution in [0.4, 0.5) is 26.0 Å². The molecule has 4 atom stereocenters. The van der Waals surface area contributed by atoms with E-state index in [-0.39, 0.29) is 55.1 Å². The lowest BCUT2D eigenvalue weighted by Gasteiger charge is -2.22. The van der Waals surface area contributed by atoms with Gasteiger partial charge in [0.15, 0.2) is 12.4 Å². The molecule has 4 unspecified atom stereocenters. The van der Waals surface area contributed by atoms with Gasteiger partial charge in [-0.25, -0.2) is 24.4 Å². The molecule has 21 heteroatoms. The molecule has 19 nitrogen and oxygen atoms in total. The molecule has 4 heterocycles. The van der Waals surface area contributed by atoms with Crippen LogP contribution in [0.15, 0.2) is 79.6 Å². The van der Waals surface area contributed by atoms with E-state index in [2.05, 4.69) is 36.2 Å². The standard InChI is InChI=1S/C22H29N3O4.C13H18N2O3.C13H18N2O2.C8H11N3.2ClH/c1-22(2,3)29-21(26)25-18-9-7-14-10-20(24-13-17(14)18)23-12-15-6-8-16(27-4)11-19(15)28-5;1-13(2,3)18-12(16)14-11-5-4-9-6-7-15(17)8-10(9)11;1-13(2,3)17-12(16)15-11-5-4-9-6-7-14-8-10(9)11;9-7-2-1-5-3-8(10)11-4-6(5)7;;/h6,8,10-11,13,18H,7,9,12H2,1-5H3,(H,23,24)(H,25,26);6-8,11H,4-5H2,1-3H3,(H,14,16);6-8,11H,4-5H2,1-3H3,(H,15,16);3-4,7H,1-2,9H2,(H2,10,11);2*1H. The molecule has 0 saturated heterocycles. The maximum absolute atomic E-state index is 12.1. The first kappa shape index (κ1) is 62.7. The van der Waals surface area contributed by atoms with Crippen molar-refractivity contribution in [2.24, 2.45) is 5.73 Å². The quantitative estimate of drug-likeness (QED) is 0.0480. The van der Waals surface area contributed by atoms with E-state index < -0.39 is 29.0 Å². The number of halogens is 2. The Hall–Kier alpha value is -6.83. The van der Waals surface area contributed by atoms with Crippen molar-refractivity contribution in [3.05, 3.63) is 135 Å². The van der Waals surface area contributed by atoms with Gasteiger partial charge in [-0.2, -0.15) is 4.73 Å². The number of nitrogens with zero attached hydrogens (tertiary/aromatic N) is 4. The van der Waals surface area contributed by atoms with E-state index in [4.69, 9.17) is 35.2 Å². The smallest absolute Gasteiger partial charge is 0.408 e. The molecule has 9 rings (SSSR count). The van der Waals surface area contributed by atoms with Gasteiger partial charge in [-0.05, 0) is 183 Å². The van der Waals surface area contributed by atoms with Crippen LogP contribution in [-0.2, 0) is 46.4 Å². The molecule has 0 radical (unpaired) electrons. The third-order valence-corrected chi connectivity index (χ3v) is 12.5. The highest BCUT2D eigenvalue weighted by Gasteiger charge is 2.30. The Morgan fingerprint density at radius 3 is 1.70 bits per heavy atom. The second kappa shape index (κ2) is 27.5. The first-order valence-corrected chi connectivity index (χ1v) is 25.4. The van der Waals surface area contributed by atoms with Crippen molar-refractivity contribution < 1.29 is 42.8 Å². The zero-order valence-corrected chi connectivity index (χ0v) is 47.7. The highest BCUT2D eigenvalue weighted by atomic mass is 35.5. The van der Waals surface area contributed by atoms with E-state index in [9.17, 15) is 19.6 Å². The summed E-state index contributed by atoms with van der Waals surface area (Å²) in [5.41, 5.74) is 19.9. The Balaban J connectivity index is 0.000000232. The lowest BCUT2D eigenvalue weighted by molar-refractivity contribution is -0.606. The molecule has 0 aliphatic heterocycles. The van der Waals surface area contributed by atoms with Crippen LogP contribution in [0.25, 0.3) is 0 Å². The van der Waals surface area contributed by atoms with Gasteiger partial charge in [0.25, 0.3) is 0 Å². The van der Waals surface area contributed by atoms with E-state index in [1.54, 1.807) is 32.7 Å². The molecule has 0 spiro atoms. The van der Waals surface area contributed by atoms with Crippen molar-refractivity contribution in [3.8, 4) is 11.5 Å². The maximum Gasteiger partial charge on any atom is 0.408 e. The number of methoxy groups -OCH3 is 2. The van der Waals surface area contributed by atoms with Gasteiger partial charge in [0, 0.05) is 60.6 Å². The normalized spacial score (nSPS) is 17.3. The van der Waals surface area contributed by atoms with Crippen LogP contribution in [0.2, 0.25) is 0 Å². The number of hydrogen-bond acceptors (Lipinski definition) is 15. The summed E-state index contributed by atoms with van der Waals surface area (Å²) < 4.78 is 27.3. The minimum absolute atomic E-state index is 0. The zero-order chi connectivity index (χ0) is 54.7. The predicted molar refractivity (Wildman–Crippen MR) is 300 cm³/mol. The highest BCUT2D eigenvalue weighted by molar-refractivity contribution is 5.85. The van der Waals surface area contributed by atoms with E-state index >= 15 is 0 Å². The van der Waals surface area contributed by atoms with Crippen molar-refractivity contribution in [3.63, 3.8) is 0 Å². The number of benzene rings is 1. The van der Waals surface area contributed by atoms with Crippen LogP contribution in [0.1, 0.15) is 162 Å². The Morgan fingerprint density at radius 1 is 0.636 bits per heavy atom. The number of aromatic nitrogens is 4. The number of carbonyl (C=O) groups is 3. The minimum Gasteiger partial charge on any atom is -0.619 e. The molecule has 4 aromatic heterocycles. The fourth-order valence-corrected chi connectivity index (χ4v) is 9.07. The van der Waals surface area contributed by atoms with Gasteiger partial charge < -0.3 is 61.6 Å². The average Bonchev–Trinajstić information content (AvgIpc) is 4.12.